The maximum absolute atomic E-state index is 12.1. The van der Waals surface area contributed by atoms with Crippen LogP contribution in [0.5, 0.6) is 5.75 Å². The number of benzene rings is 2. The second-order valence-corrected chi connectivity index (χ2v) is 5.88. The zero-order valence-electron chi connectivity index (χ0n) is 10.7. The Bertz CT molecular complexity index is 612. The molecule has 2 rings (SSSR count). The van der Waals surface area contributed by atoms with E-state index in [0.717, 1.165) is 10.6 Å². The smallest absolute Gasteiger partial charge is 0.173 e. The van der Waals surface area contributed by atoms with Gasteiger partial charge in [-0.1, -0.05) is 23.2 Å². The number of hydrogen-bond donors (Lipinski definition) is 0. The van der Waals surface area contributed by atoms with Crippen LogP contribution in [0, 0.1) is 0 Å². The van der Waals surface area contributed by atoms with Crippen LogP contribution in [-0.2, 0) is 0 Å². The van der Waals surface area contributed by atoms with E-state index in [1.165, 1.54) is 11.8 Å². The fourth-order valence-corrected chi connectivity index (χ4v) is 2.98. The summed E-state index contributed by atoms with van der Waals surface area (Å²) in [5.41, 5.74) is 0.649. The third-order valence-corrected chi connectivity index (χ3v) is 4.40. The van der Waals surface area contributed by atoms with Crippen LogP contribution in [0.25, 0.3) is 0 Å². The minimum absolute atomic E-state index is 0.0358. The zero-order chi connectivity index (χ0) is 14.5. The Hall–Kier alpha value is -1.16. The van der Waals surface area contributed by atoms with E-state index in [1.54, 1.807) is 49.6 Å². The van der Waals surface area contributed by atoms with Crippen molar-refractivity contribution >= 4 is 40.7 Å². The Morgan fingerprint density at radius 1 is 1.15 bits per heavy atom. The highest BCUT2D eigenvalue weighted by Gasteiger charge is 2.09. The molecular formula is C15H12Cl2O2S. The van der Waals surface area contributed by atoms with Crippen LogP contribution in [0.3, 0.4) is 0 Å². The van der Waals surface area contributed by atoms with Crippen molar-refractivity contribution in [1.82, 2.24) is 0 Å². The van der Waals surface area contributed by atoms with Gasteiger partial charge in [0.05, 0.1) is 17.9 Å². The predicted octanol–water partition coefficient (Wildman–Crippen LogP) is 4.98. The zero-order valence-corrected chi connectivity index (χ0v) is 13.1. The summed E-state index contributed by atoms with van der Waals surface area (Å²) in [6.07, 6.45) is 0. The van der Waals surface area contributed by atoms with Gasteiger partial charge in [0.2, 0.25) is 0 Å². The van der Waals surface area contributed by atoms with E-state index in [0.29, 0.717) is 21.4 Å². The highest BCUT2D eigenvalue weighted by molar-refractivity contribution is 8.00. The molecule has 0 fully saturated rings. The SMILES string of the molecule is COc1ccc(C(=O)CSc2cc(Cl)ccc2Cl)cc1. The van der Waals surface area contributed by atoms with Gasteiger partial charge in [0.15, 0.2) is 5.78 Å². The number of rotatable bonds is 5. The number of ketones is 1. The molecule has 0 amide bonds. The Balaban J connectivity index is 2.02. The van der Waals surface area contributed by atoms with E-state index in [9.17, 15) is 4.79 Å². The van der Waals surface area contributed by atoms with Crippen molar-refractivity contribution in [3.63, 3.8) is 0 Å². The molecule has 0 radical (unpaired) electrons. The van der Waals surface area contributed by atoms with E-state index < -0.39 is 0 Å². The first-order valence-electron chi connectivity index (χ1n) is 5.85. The van der Waals surface area contributed by atoms with Gasteiger partial charge in [-0.3, -0.25) is 4.79 Å². The maximum Gasteiger partial charge on any atom is 0.173 e. The van der Waals surface area contributed by atoms with Gasteiger partial charge in [-0.25, -0.2) is 0 Å². The summed E-state index contributed by atoms with van der Waals surface area (Å²) in [5.74, 6) is 1.08. The summed E-state index contributed by atoms with van der Waals surface area (Å²) < 4.78 is 5.06. The molecular weight excluding hydrogens is 315 g/mol. The van der Waals surface area contributed by atoms with E-state index >= 15 is 0 Å². The molecule has 20 heavy (non-hydrogen) atoms. The molecule has 0 saturated heterocycles. The van der Waals surface area contributed by atoms with Crippen molar-refractivity contribution in [3.05, 3.63) is 58.1 Å². The van der Waals surface area contributed by atoms with Crippen molar-refractivity contribution in [2.45, 2.75) is 4.90 Å². The summed E-state index contributed by atoms with van der Waals surface area (Å²) in [4.78, 5) is 12.9. The first-order valence-corrected chi connectivity index (χ1v) is 7.59. The molecule has 0 N–H and O–H groups in total. The van der Waals surface area contributed by atoms with Crippen molar-refractivity contribution in [2.75, 3.05) is 12.9 Å². The molecule has 0 atom stereocenters. The second-order valence-electron chi connectivity index (χ2n) is 4.02. The molecule has 0 aromatic heterocycles. The quantitative estimate of drug-likeness (QED) is 0.572. The van der Waals surface area contributed by atoms with Gasteiger partial charge in [-0.05, 0) is 42.5 Å². The average Bonchev–Trinajstić information content (AvgIpc) is 2.48. The van der Waals surface area contributed by atoms with Crippen LogP contribution in [-0.4, -0.2) is 18.6 Å². The summed E-state index contributed by atoms with van der Waals surface area (Å²) in [6.45, 7) is 0. The van der Waals surface area contributed by atoms with Crippen molar-refractivity contribution in [2.24, 2.45) is 0 Å². The number of thioether (sulfide) groups is 1. The summed E-state index contributed by atoms with van der Waals surface area (Å²) in [7, 11) is 1.59. The monoisotopic (exact) mass is 326 g/mol. The molecule has 0 aliphatic carbocycles. The van der Waals surface area contributed by atoms with E-state index in [1.807, 2.05) is 0 Å². The fraction of sp³-hybridized carbons (Fsp3) is 0.133. The van der Waals surface area contributed by atoms with Crippen LogP contribution in [0.1, 0.15) is 10.4 Å². The van der Waals surface area contributed by atoms with Crippen LogP contribution in [0.4, 0.5) is 0 Å². The third-order valence-electron chi connectivity index (χ3n) is 2.66. The van der Waals surface area contributed by atoms with E-state index in [-0.39, 0.29) is 5.78 Å². The number of ether oxygens (including phenoxy) is 1. The first kappa shape index (κ1) is 15.2. The number of halogens is 2. The lowest BCUT2D eigenvalue weighted by molar-refractivity contribution is 0.102. The summed E-state index contributed by atoms with van der Waals surface area (Å²) >= 11 is 13.3. The molecule has 5 heteroatoms. The number of methoxy groups -OCH3 is 1. The summed E-state index contributed by atoms with van der Waals surface area (Å²) in [5, 5.41) is 1.20. The highest BCUT2D eigenvalue weighted by atomic mass is 35.5. The standard InChI is InChI=1S/C15H12Cl2O2S/c1-19-12-5-2-10(3-6-12)14(18)9-20-15-8-11(16)4-7-13(15)17/h2-8H,9H2,1H3. The number of carbonyl (C=O) groups is 1. The minimum atomic E-state index is 0.0358. The Kier molecular flexibility index (Phi) is 5.35. The molecule has 104 valence electrons. The Morgan fingerprint density at radius 2 is 1.85 bits per heavy atom. The predicted molar refractivity (Wildman–Crippen MR) is 84.5 cm³/mol. The normalized spacial score (nSPS) is 10.3. The van der Waals surface area contributed by atoms with E-state index in [2.05, 4.69) is 0 Å². The topological polar surface area (TPSA) is 26.3 Å². The van der Waals surface area contributed by atoms with Gasteiger partial charge >= 0.3 is 0 Å². The van der Waals surface area contributed by atoms with Gasteiger partial charge in [0.1, 0.15) is 5.75 Å². The third kappa shape index (κ3) is 3.92. The Morgan fingerprint density at radius 3 is 2.50 bits per heavy atom. The molecule has 0 heterocycles. The van der Waals surface area contributed by atoms with E-state index in [4.69, 9.17) is 27.9 Å². The lowest BCUT2D eigenvalue weighted by atomic mass is 10.1. The lowest BCUT2D eigenvalue weighted by Gasteiger charge is -2.05. The van der Waals surface area contributed by atoms with Gasteiger partial charge in [-0.15, -0.1) is 11.8 Å². The fourth-order valence-electron chi connectivity index (χ4n) is 1.59. The molecule has 2 nitrogen and oxygen atoms in total. The molecule has 0 unspecified atom stereocenters. The number of hydrogen-bond acceptors (Lipinski definition) is 3. The minimum Gasteiger partial charge on any atom is -0.497 e. The first-order chi connectivity index (χ1) is 9.60. The molecule has 0 spiro atoms. The number of Topliss-reactive ketones (excluding diaryl/α,β-unsaturated/α-hetero) is 1. The van der Waals surface area contributed by atoms with Gasteiger partial charge < -0.3 is 4.74 Å². The van der Waals surface area contributed by atoms with Gasteiger partial charge in [-0.2, -0.15) is 0 Å². The second kappa shape index (κ2) is 7.02. The number of carbonyl (C=O) groups excluding carboxylic acids is 1. The Labute approximate surface area is 132 Å². The molecule has 0 bridgehead atoms. The largest absolute Gasteiger partial charge is 0.497 e. The van der Waals surface area contributed by atoms with Crippen molar-refractivity contribution in [1.29, 1.82) is 0 Å². The average molecular weight is 327 g/mol. The van der Waals surface area contributed by atoms with Gasteiger partial charge in [0, 0.05) is 15.5 Å². The summed E-state index contributed by atoms with van der Waals surface area (Å²) in [6, 6.07) is 12.2. The molecule has 2 aromatic rings. The van der Waals surface area contributed by atoms with Crippen LogP contribution < -0.4 is 4.74 Å². The molecule has 2 aromatic carbocycles. The van der Waals surface area contributed by atoms with Crippen LogP contribution in [0.15, 0.2) is 47.4 Å². The van der Waals surface area contributed by atoms with Crippen LogP contribution in [0.2, 0.25) is 10.0 Å². The van der Waals surface area contributed by atoms with Gasteiger partial charge in [0.25, 0.3) is 0 Å². The van der Waals surface area contributed by atoms with Crippen molar-refractivity contribution in [3.8, 4) is 5.75 Å². The molecule has 0 saturated carbocycles. The maximum atomic E-state index is 12.1. The molecule has 0 aliphatic rings. The van der Waals surface area contributed by atoms with Crippen molar-refractivity contribution < 1.29 is 9.53 Å². The molecule has 0 aliphatic heterocycles. The van der Waals surface area contributed by atoms with Crippen LogP contribution >= 0.6 is 35.0 Å². The lowest BCUT2D eigenvalue weighted by Crippen LogP contribution is -2.02. The highest BCUT2D eigenvalue weighted by Crippen LogP contribution is 2.30.